The number of benzene rings is 2. The highest BCUT2D eigenvalue weighted by atomic mass is 16.7. The van der Waals surface area contributed by atoms with Gasteiger partial charge in [0, 0.05) is 29.7 Å². The normalized spacial score (nSPS) is 20.7. The van der Waals surface area contributed by atoms with Crippen LogP contribution in [-0.2, 0) is 14.4 Å². The predicted octanol–water partition coefficient (Wildman–Crippen LogP) is 2.62. The standard InChI is InChI=1S/C20H15N3O6/c1-12(24)13-5-7-15(8-6-13)22-18(25)11-20(19(22)26)10-17(21-29-20)14-3-2-4-16(9-14)23(27)28/h2-9H,10-11H2,1H3/t20-/m0/s1. The number of oxime groups is 1. The van der Waals surface area contributed by atoms with E-state index in [0.29, 0.717) is 22.5 Å². The summed E-state index contributed by atoms with van der Waals surface area (Å²) in [6.07, 6.45) is -0.164. The molecule has 4 rings (SSSR count). The summed E-state index contributed by atoms with van der Waals surface area (Å²) in [7, 11) is 0. The third-order valence-electron chi connectivity index (χ3n) is 4.98. The van der Waals surface area contributed by atoms with Gasteiger partial charge in [0.05, 0.1) is 22.7 Å². The van der Waals surface area contributed by atoms with Gasteiger partial charge >= 0.3 is 0 Å². The molecule has 2 aliphatic heterocycles. The summed E-state index contributed by atoms with van der Waals surface area (Å²) in [5, 5.41) is 14.9. The number of ketones is 1. The topological polar surface area (TPSA) is 119 Å². The summed E-state index contributed by atoms with van der Waals surface area (Å²) in [5.41, 5.74) is 0.0673. The Kier molecular flexibility index (Phi) is 4.22. The average Bonchev–Trinajstić information content (AvgIpc) is 3.23. The first-order chi connectivity index (χ1) is 13.8. The van der Waals surface area contributed by atoms with Gasteiger partial charge in [0.2, 0.25) is 11.5 Å². The van der Waals surface area contributed by atoms with Crippen LogP contribution in [0.1, 0.15) is 35.7 Å². The maximum atomic E-state index is 13.0. The van der Waals surface area contributed by atoms with Gasteiger partial charge in [-0.15, -0.1) is 0 Å². The largest absolute Gasteiger partial charge is 0.378 e. The first kappa shape index (κ1) is 18.5. The highest BCUT2D eigenvalue weighted by Gasteiger charge is 2.58. The van der Waals surface area contributed by atoms with Gasteiger partial charge in [-0.3, -0.25) is 24.5 Å². The zero-order chi connectivity index (χ0) is 20.8. The molecule has 29 heavy (non-hydrogen) atoms. The van der Waals surface area contributed by atoms with E-state index >= 15 is 0 Å². The molecule has 0 bridgehead atoms. The molecule has 2 amide bonds. The van der Waals surface area contributed by atoms with E-state index in [9.17, 15) is 24.5 Å². The maximum absolute atomic E-state index is 13.0. The van der Waals surface area contributed by atoms with E-state index in [1.54, 1.807) is 18.2 Å². The van der Waals surface area contributed by atoms with Crippen molar-refractivity contribution in [3.8, 4) is 0 Å². The van der Waals surface area contributed by atoms with Crippen molar-refractivity contribution in [2.24, 2.45) is 5.16 Å². The zero-order valence-corrected chi connectivity index (χ0v) is 15.3. The van der Waals surface area contributed by atoms with Crippen LogP contribution in [-0.4, -0.2) is 33.8 Å². The fraction of sp³-hybridized carbons (Fsp3) is 0.200. The van der Waals surface area contributed by atoms with E-state index < -0.39 is 22.3 Å². The van der Waals surface area contributed by atoms with Crippen molar-refractivity contribution in [1.29, 1.82) is 0 Å². The van der Waals surface area contributed by atoms with Crippen LogP contribution in [0.5, 0.6) is 0 Å². The van der Waals surface area contributed by atoms with Crippen LogP contribution in [0.15, 0.2) is 53.7 Å². The van der Waals surface area contributed by atoms with Gasteiger partial charge in [-0.25, -0.2) is 4.90 Å². The molecule has 2 heterocycles. The second-order valence-electron chi connectivity index (χ2n) is 6.92. The molecule has 1 spiro atoms. The third kappa shape index (κ3) is 3.06. The summed E-state index contributed by atoms with van der Waals surface area (Å²) < 4.78 is 0. The van der Waals surface area contributed by atoms with E-state index in [1.165, 1.54) is 37.3 Å². The summed E-state index contributed by atoms with van der Waals surface area (Å²) >= 11 is 0. The van der Waals surface area contributed by atoms with E-state index in [-0.39, 0.29) is 24.3 Å². The SMILES string of the molecule is CC(=O)c1ccc(N2C(=O)C[C@@]3(CC(c4cccc([N+](=O)[O-])c4)=NO3)C2=O)cc1. The molecule has 1 saturated heterocycles. The number of hydrogen-bond donors (Lipinski definition) is 0. The second kappa shape index (κ2) is 6.62. The lowest BCUT2D eigenvalue weighted by molar-refractivity contribution is -0.384. The molecule has 0 saturated carbocycles. The Morgan fingerprint density at radius 2 is 1.90 bits per heavy atom. The second-order valence-corrected chi connectivity index (χ2v) is 6.92. The average molecular weight is 393 g/mol. The van der Waals surface area contributed by atoms with Crippen LogP contribution in [0.2, 0.25) is 0 Å². The molecule has 1 atom stereocenters. The molecular weight excluding hydrogens is 378 g/mol. The Labute approximate surface area is 164 Å². The quantitative estimate of drug-likeness (QED) is 0.341. The Morgan fingerprint density at radius 3 is 2.55 bits per heavy atom. The highest BCUT2D eigenvalue weighted by molar-refractivity contribution is 6.25. The molecule has 146 valence electrons. The number of carbonyl (C=O) groups excluding carboxylic acids is 3. The number of anilines is 1. The fourth-order valence-electron chi connectivity index (χ4n) is 3.46. The number of imide groups is 1. The molecule has 0 radical (unpaired) electrons. The predicted molar refractivity (Wildman–Crippen MR) is 102 cm³/mol. The van der Waals surface area contributed by atoms with Crippen molar-refractivity contribution in [2.75, 3.05) is 4.90 Å². The third-order valence-corrected chi connectivity index (χ3v) is 4.98. The van der Waals surface area contributed by atoms with Crippen LogP contribution < -0.4 is 4.90 Å². The lowest BCUT2D eigenvalue weighted by Gasteiger charge is -2.19. The van der Waals surface area contributed by atoms with Gasteiger partial charge in [0.1, 0.15) is 0 Å². The molecular formula is C20H15N3O6. The minimum absolute atomic E-state index is 0.0285. The van der Waals surface area contributed by atoms with Crippen molar-refractivity contribution < 1.29 is 24.1 Å². The van der Waals surface area contributed by atoms with E-state index in [4.69, 9.17) is 4.84 Å². The van der Waals surface area contributed by atoms with Gasteiger partial charge in [-0.1, -0.05) is 17.3 Å². The molecule has 2 aromatic carbocycles. The first-order valence-electron chi connectivity index (χ1n) is 8.79. The van der Waals surface area contributed by atoms with Crippen LogP contribution in [0.3, 0.4) is 0 Å². The summed E-state index contributed by atoms with van der Waals surface area (Å²) in [6, 6.07) is 12.0. The van der Waals surface area contributed by atoms with Crippen molar-refractivity contribution >= 4 is 34.7 Å². The summed E-state index contributed by atoms with van der Waals surface area (Å²) in [5.74, 6) is -1.12. The van der Waals surface area contributed by atoms with Crippen molar-refractivity contribution in [3.63, 3.8) is 0 Å². The van der Waals surface area contributed by atoms with Crippen molar-refractivity contribution in [1.82, 2.24) is 0 Å². The highest BCUT2D eigenvalue weighted by Crippen LogP contribution is 2.39. The molecule has 0 aliphatic carbocycles. The Hall–Kier alpha value is -3.88. The monoisotopic (exact) mass is 393 g/mol. The van der Waals surface area contributed by atoms with Crippen LogP contribution in [0.25, 0.3) is 0 Å². The molecule has 0 unspecified atom stereocenters. The van der Waals surface area contributed by atoms with E-state index in [2.05, 4.69) is 5.16 Å². The smallest absolute Gasteiger partial charge is 0.281 e. The summed E-state index contributed by atoms with van der Waals surface area (Å²) in [6.45, 7) is 1.43. The van der Waals surface area contributed by atoms with Crippen molar-refractivity contribution in [3.05, 3.63) is 69.8 Å². The number of carbonyl (C=O) groups is 3. The molecule has 9 nitrogen and oxygen atoms in total. The van der Waals surface area contributed by atoms with E-state index in [1.807, 2.05) is 0 Å². The first-order valence-corrected chi connectivity index (χ1v) is 8.79. The lowest BCUT2D eigenvalue weighted by Crippen LogP contribution is -2.40. The molecule has 0 N–H and O–H groups in total. The number of hydrogen-bond acceptors (Lipinski definition) is 7. The van der Waals surface area contributed by atoms with Gasteiger partial charge in [-0.2, -0.15) is 0 Å². The number of amides is 2. The van der Waals surface area contributed by atoms with Gasteiger partial charge in [0.15, 0.2) is 5.78 Å². The molecule has 0 aromatic heterocycles. The Bertz CT molecular complexity index is 1090. The van der Waals surface area contributed by atoms with Crippen molar-refractivity contribution in [2.45, 2.75) is 25.4 Å². The Morgan fingerprint density at radius 1 is 1.17 bits per heavy atom. The Balaban J connectivity index is 1.59. The number of non-ortho nitro benzene ring substituents is 1. The molecule has 2 aromatic rings. The molecule has 9 heteroatoms. The van der Waals surface area contributed by atoms with Gasteiger partial charge in [0.25, 0.3) is 11.6 Å². The zero-order valence-electron chi connectivity index (χ0n) is 15.3. The number of Topliss-reactive ketones (excluding diaryl/α,β-unsaturated/α-hetero) is 1. The number of nitrogens with zero attached hydrogens (tertiary/aromatic N) is 3. The number of nitro groups is 1. The van der Waals surface area contributed by atoms with Crippen LogP contribution in [0.4, 0.5) is 11.4 Å². The fourth-order valence-corrected chi connectivity index (χ4v) is 3.46. The van der Waals surface area contributed by atoms with Gasteiger partial charge in [-0.05, 0) is 31.2 Å². The maximum Gasteiger partial charge on any atom is 0.281 e. The van der Waals surface area contributed by atoms with Gasteiger partial charge < -0.3 is 4.84 Å². The van der Waals surface area contributed by atoms with E-state index in [0.717, 1.165) is 4.90 Å². The minimum atomic E-state index is -1.46. The van der Waals surface area contributed by atoms with Crippen LogP contribution in [0, 0.1) is 10.1 Å². The number of rotatable bonds is 4. The van der Waals surface area contributed by atoms with Crippen LogP contribution >= 0.6 is 0 Å². The molecule has 2 aliphatic rings. The summed E-state index contributed by atoms with van der Waals surface area (Å²) in [4.78, 5) is 53.9. The number of nitro benzene ring substituents is 1. The minimum Gasteiger partial charge on any atom is -0.378 e. The molecule has 1 fully saturated rings. The lowest BCUT2D eigenvalue weighted by atomic mass is 9.92.